The molecule has 1 unspecified atom stereocenters. The zero-order chi connectivity index (χ0) is 26.5. The standard InChI is InChI=1S/C27H27ClN2O5S/c1-4-25(36(34,35)20-8-6-5-7-9-20)27(33)29-22-16-24(31)23(15-21(22)28)30-26(32)18(3)14-19-12-10-17(2)11-13-19/h5-16,25,31H,4H2,1-3H3,(H,29,33)(H,30,32)/b18-14+. The number of phenolic OH excluding ortho intramolecular Hbond substituents is 1. The Labute approximate surface area is 215 Å². The topological polar surface area (TPSA) is 113 Å². The number of benzene rings is 3. The number of sulfone groups is 1. The second-order valence-corrected chi connectivity index (χ2v) is 10.8. The molecule has 0 aliphatic heterocycles. The van der Waals surface area contributed by atoms with Gasteiger partial charge in [0.1, 0.15) is 11.0 Å². The Kier molecular flexibility index (Phi) is 8.55. The third-order valence-electron chi connectivity index (χ3n) is 5.52. The molecule has 0 radical (unpaired) electrons. The number of aryl methyl sites for hydroxylation is 1. The SMILES string of the molecule is CCC(C(=O)Nc1cc(O)c(NC(=O)/C(C)=C/c2ccc(C)cc2)cc1Cl)S(=O)(=O)c1ccccc1. The van der Waals surface area contributed by atoms with E-state index >= 15 is 0 Å². The van der Waals surface area contributed by atoms with Crippen molar-refractivity contribution in [2.75, 3.05) is 10.6 Å². The zero-order valence-electron chi connectivity index (χ0n) is 20.1. The van der Waals surface area contributed by atoms with Crippen LogP contribution in [0.15, 0.2) is 77.2 Å². The molecule has 0 aliphatic rings. The van der Waals surface area contributed by atoms with Gasteiger partial charge in [-0.05, 0) is 50.1 Å². The summed E-state index contributed by atoms with van der Waals surface area (Å²) in [6.45, 7) is 5.20. The van der Waals surface area contributed by atoms with Gasteiger partial charge in [-0.15, -0.1) is 0 Å². The van der Waals surface area contributed by atoms with Crippen LogP contribution in [0, 0.1) is 6.92 Å². The average Bonchev–Trinajstić information content (AvgIpc) is 2.84. The molecule has 0 heterocycles. The van der Waals surface area contributed by atoms with Crippen LogP contribution in [0.1, 0.15) is 31.4 Å². The van der Waals surface area contributed by atoms with Gasteiger partial charge in [0.15, 0.2) is 9.84 Å². The summed E-state index contributed by atoms with van der Waals surface area (Å²) in [6, 6.07) is 17.8. The number of carbonyl (C=O) groups is 2. The van der Waals surface area contributed by atoms with E-state index in [1.54, 1.807) is 38.1 Å². The number of aromatic hydroxyl groups is 1. The number of nitrogens with one attached hydrogen (secondary N) is 2. The van der Waals surface area contributed by atoms with Crippen molar-refractivity contribution in [3.63, 3.8) is 0 Å². The lowest BCUT2D eigenvalue weighted by Crippen LogP contribution is -2.34. The van der Waals surface area contributed by atoms with Gasteiger partial charge in [0, 0.05) is 11.6 Å². The molecule has 3 aromatic rings. The highest BCUT2D eigenvalue weighted by Crippen LogP contribution is 2.34. The van der Waals surface area contributed by atoms with E-state index in [-0.39, 0.29) is 33.5 Å². The normalized spacial score (nSPS) is 12.6. The average molecular weight is 527 g/mol. The van der Waals surface area contributed by atoms with E-state index < -0.39 is 26.9 Å². The third kappa shape index (κ3) is 6.33. The van der Waals surface area contributed by atoms with Crippen LogP contribution in [0.4, 0.5) is 11.4 Å². The molecule has 3 N–H and O–H groups in total. The lowest BCUT2D eigenvalue weighted by atomic mass is 10.1. The van der Waals surface area contributed by atoms with E-state index in [0.29, 0.717) is 5.57 Å². The molecule has 0 aliphatic carbocycles. The van der Waals surface area contributed by atoms with Crippen molar-refractivity contribution < 1.29 is 23.1 Å². The minimum atomic E-state index is -3.94. The molecule has 1 atom stereocenters. The van der Waals surface area contributed by atoms with Gasteiger partial charge in [-0.2, -0.15) is 0 Å². The Morgan fingerprint density at radius 3 is 2.25 bits per heavy atom. The van der Waals surface area contributed by atoms with Crippen molar-refractivity contribution in [1.29, 1.82) is 0 Å². The lowest BCUT2D eigenvalue weighted by molar-refractivity contribution is -0.116. The van der Waals surface area contributed by atoms with Crippen LogP contribution in [0.5, 0.6) is 5.75 Å². The van der Waals surface area contributed by atoms with Crippen LogP contribution in [0.2, 0.25) is 5.02 Å². The molecule has 3 rings (SSSR count). The van der Waals surface area contributed by atoms with Crippen LogP contribution in [-0.4, -0.2) is 30.6 Å². The molecule has 0 spiro atoms. The van der Waals surface area contributed by atoms with Gasteiger partial charge < -0.3 is 15.7 Å². The van der Waals surface area contributed by atoms with Crippen molar-refractivity contribution in [3.05, 3.63) is 88.5 Å². The van der Waals surface area contributed by atoms with Gasteiger partial charge in [0.05, 0.1) is 21.3 Å². The molecule has 3 aromatic carbocycles. The summed E-state index contributed by atoms with van der Waals surface area (Å²) >= 11 is 6.29. The number of carbonyl (C=O) groups excluding carboxylic acids is 2. The zero-order valence-corrected chi connectivity index (χ0v) is 21.7. The van der Waals surface area contributed by atoms with E-state index in [2.05, 4.69) is 10.6 Å². The summed E-state index contributed by atoms with van der Waals surface area (Å²) in [4.78, 5) is 25.5. The highest BCUT2D eigenvalue weighted by molar-refractivity contribution is 7.92. The molecular formula is C27H27ClN2O5S. The second-order valence-electron chi connectivity index (χ2n) is 8.29. The smallest absolute Gasteiger partial charge is 0.251 e. The van der Waals surface area contributed by atoms with Gasteiger partial charge in [0.25, 0.3) is 5.91 Å². The van der Waals surface area contributed by atoms with Gasteiger partial charge >= 0.3 is 0 Å². The Morgan fingerprint density at radius 1 is 1.00 bits per heavy atom. The fourth-order valence-electron chi connectivity index (χ4n) is 3.49. The molecule has 188 valence electrons. The van der Waals surface area contributed by atoms with Gasteiger partial charge in [-0.25, -0.2) is 8.42 Å². The molecule has 0 fully saturated rings. The van der Waals surface area contributed by atoms with E-state index in [0.717, 1.165) is 17.2 Å². The predicted octanol–water partition coefficient (Wildman–Crippen LogP) is 5.59. The summed E-state index contributed by atoms with van der Waals surface area (Å²) in [7, 11) is -3.94. The molecule has 7 nitrogen and oxygen atoms in total. The van der Waals surface area contributed by atoms with Gasteiger partial charge in [-0.1, -0.05) is 66.6 Å². The Bertz CT molecular complexity index is 1400. The monoisotopic (exact) mass is 526 g/mol. The highest BCUT2D eigenvalue weighted by atomic mass is 35.5. The van der Waals surface area contributed by atoms with Crippen molar-refractivity contribution in [3.8, 4) is 5.75 Å². The quantitative estimate of drug-likeness (QED) is 0.262. The number of rotatable bonds is 8. The molecule has 0 bridgehead atoms. The molecule has 0 saturated heterocycles. The minimum Gasteiger partial charge on any atom is -0.506 e. The minimum absolute atomic E-state index is 0.0172. The van der Waals surface area contributed by atoms with Gasteiger partial charge in [-0.3, -0.25) is 9.59 Å². The number of hydrogen-bond donors (Lipinski definition) is 3. The molecule has 0 saturated carbocycles. The first-order valence-electron chi connectivity index (χ1n) is 11.2. The molecule has 0 aromatic heterocycles. The van der Waals surface area contributed by atoms with E-state index in [4.69, 9.17) is 11.6 Å². The number of anilines is 2. The van der Waals surface area contributed by atoms with Crippen LogP contribution >= 0.6 is 11.6 Å². The molecule has 9 heteroatoms. The summed E-state index contributed by atoms with van der Waals surface area (Å²) in [5, 5.41) is 14.2. The Balaban J connectivity index is 1.77. The number of hydrogen-bond acceptors (Lipinski definition) is 5. The van der Waals surface area contributed by atoms with E-state index in [1.165, 1.54) is 18.2 Å². The van der Waals surface area contributed by atoms with E-state index in [9.17, 15) is 23.1 Å². The third-order valence-corrected chi connectivity index (χ3v) is 8.06. The highest BCUT2D eigenvalue weighted by Gasteiger charge is 2.33. The van der Waals surface area contributed by atoms with Crippen molar-refractivity contribution in [2.45, 2.75) is 37.3 Å². The largest absolute Gasteiger partial charge is 0.506 e. The predicted molar refractivity (Wildman–Crippen MR) is 143 cm³/mol. The van der Waals surface area contributed by atoms with Crippen molar-refractivity contribution in [2.24, 2.45) is 0 Å². The maximum absolute atomic E-state index is 12.9. The summed E-state index contributed by atoms with van der Waals surface area (Å²) in [6.07, 6.45) is 1.74. The first-order valence-corrected chi connectivity index (χ1v) is 13.1. The first kappa shape index (κ1) is 27.0. The van der Waals surface area contributed by atoms with Gasteiger partial charge in [0.2, 0.25) is 5.91 Å². The van der Waals surface area contributed by atoms with E-state index in [1.807, 2.05) is 31.2 Å². The van der Waals surface area contributed by atoms with Crippen LogP contribution in [0.3, 0.4) is 0 Å². The second kappa shape index (κ2) is 11.4. The molecule has 36 heavy (non-hydrogen) atoms. The number of phenols is 1. The summed E-state index contributed by atoms with van der Waals surface area (Å²) in [5.41, 5.74) is 2.42. The number of amides is 2. The maximum Gasteiger partial charge on any atom is 0.251 e. The first-order chi connectivity index (χ1) is 17.0. The van der Waals surface area contributed by atoms with Crippen LogP contribution < -0.4 is 10.6 Å². The summed E-state index contributed by atoms with van der Waals surface area (Å²) in [5.74, 6) is -1.57. The Morgan fingerprint density at radius 2 is 1.64 bits per heavy atom. The fraction of sp³-hybridized carbons (Fsp3) is 0.185. The number of halogens is 1. The lowest BCUT2D eigenvalue weighted by Gasteiger charge is -2.17. The van der Waals surface area contributed by atoms with Crippen molar-refractivity contribution >= 4 is 50.7 Å². The van der Waals surface area contributed by atoms with Crippen molar-refractivity contribution in [1.82, 2.24) is 0 Å². The van der Waals surface area contributed by atoms with Crippen LogP contribution in [0.25, 0.3) is 6.08 Å². The Hall–Kier alpha value is -3.62. The molecule has 2 amide bonds. The maximum atomic E-state index is 12.9. The van der Waals surface area contributed by atoms with Crippen LogP contribution in [-0.2, 0) is 19.4 Å². The molecular weight excluding hydrogens is 500 g/mol. The fourth-order valence-corrected chi connectivity index (χ4v) is 5.35. The summed E-state index contributed by atoms with van der Waals surface area (Å²) < 4.78 is 25.9.